The summed E-state index contributed by atoms with van der Waals surface area (Å²) in [4.78, 5) is 21.4. The molecule has 1 rings (SSSR count). The zero-order valence-electron chi connectivity index (χ0n) is 18.4. The molecule has 0 spiro atoms. The predicted molar refractivity (Wildman–Crippen MR) is 115 cm³/mol. The van der Waals surface area contributed by atoms with E-state index in [9.17, 15) is 4.79 Å². The Hall–Kier alpha value is -1.30. The third-order valence-corrected chi connectivity index (χ3v) is 5.38. The third kappa shape index (κ3) is 8.96. The van der Waals surface area contributed by atoms with E-state index in [4.69, 9.17) is 4.99 Å². The average molecular weight is 382 g/mol. The van der Waals surface area contributed by atoms with Crippen LogP contribution in [-0.4, -0.2) is 76.0 Å². The fourth-order valence-corrected chi connectivity index (χ4v) is 3.83. The lowest BCUT2D eigenvalue weighted by Gasteiger charge is -2.29. The summed E-state index contributed by atoms with van der Waals surface area (Å²) in [6.07, 6.45) is 10.5. The van der Waals surface area contributed by atoms with Crippen molar-refractivity contribution in [2.75, 3.05) is 54.4 Å². The molecule has 0 aromatic rings. The van der Waals surface area contributed by atoms with Crippen LogP contribution in [0.25, 0.3) is 0 Å². The van der Waals surface area contributed by atoms with Crippen LogP contribution < -0.4 is 10.6 Å². The highest BCUT2D eigenvalue weighted by Crippen LogP contribution is 2.39. The number of unbranched alkanes of at least 4 members (excludes halogenated alkanes) is 4. The topological polar surface area (TPSA) is 60.0 Å². The van der Waals surface area contributed by atoms with Gasteiger partial charge in [0.2, 0.25) is 5.91 Å². The summed E-state index contributed by atoms with van der Waals surface area (Å²) in [5.41, 5.74) is -0.293. The first-order chi connectivity index (χ1) is 12.9. The van der Waals surface area contributed by atoms with Crippen LogP contribution in [-0.2, 0) is 4.79 Å². The quantitative estimate of drug-likeness (QED) is 0.310. The molecule has 0 heterocycles. The number of guanidine groups is 1. The fraction of sp³-hybridized carbons (Fsp3) is 0.905. The van der Waals surface area contributed by atoms with Gasteiger partial charge in [-0.25, -0.2) is 0 Å². The first-order valence-electron chi connectivity index (χ1n) is 10.8. The Morgan fingerprint density at radius 2 is 1.59 bits per heavy atom. The van der Waals surface area contributed by atoms with Crippen molar-refractivity contribution in [3.63, 3.8) is 0 Å². The van der Waals surface area contributed by atoms with E-state index in [1.54, 1.807) is 4.90 Å². The predicted octanol–water partition coefficient (Wildman–Crippen LogP) is 2.70. The minimum absolute atomic E-state index is 0.234. The number of hydrogen-bond acceptors (Lipinski definition) is 3. The van der Waals surface area contributed by atoms with E-state index in [0.717, 1.165) is 51.2 Å². The number of amides is 1. The first kappa shape index (κ1) is 23.7. The highest BCUT2D eigenvalue weighted by Gasteiger charge is 2.41. The number of carbonyl (C=O) groups is 1. The van der Waals surface area contributed by atoms with Crippen molar-refractivity contribution in [2.24, 2.45) is 10.4 Å². The molecule has 27 heavy (non-hydrogen) atoms. The monoisotopic (exact) mass is 381 g/mol. The van der Waals surface area contributed by atoms with E-state index in [0.29, 0.717) is 6.54 Å². The number of nitrogens with one attached hydrogen (secondary N) is 2. The van der Waals surface area contributed by atoms with Crippen molar-refractivity contribution in [3.8, 4) is 0 Å². The molecule has 158 valence electrons. The molecule has 6 nitrogen and oxygen atoms in total. The lowest BCUT2D eigenvalue weighted by Crippen LogP contribution is -2.43. The van der Waals surface area contributed by atoms with Gasteiger partial charge >= 0.3 is 0 Å². The van der Waals surface area contributed by atoms with E-state index in [1.165, 1.54) is 32.2 Å². The van der Waals surface area contributed by atoms with Crippen LogP contribution in [0.1, 0.15) is 64.7 Å². The molecule has 1 aliphatic carbocycles. The minimum Gasteiger partial charge on any atom is -0.357 e. The number of hydrogen-bond donors (Lipinski definition) is 2. The van der Waals surface area contributed by atoms with Gasteiger partial charge in [-0.1, -0.05) is 32.1 Å². The molecule has 1 fully saturated rings. The summed E-state index contributed by atoms with van der Waals surface area (Å²) in [5, 5.41) is 6.77. The largest absolute Gasteiger partial charge is 0.357 e. The molecule has 0 aromatic heterocycles. The molecule has 1 aliphatic rings. The van der Waals surface area contributed by atoms with Crippen molar-refractivity contribution in [1.82, 2.24) is 20.4 Å². The van der Waals surface area contributed by atoms with Crippen molar-refractivity contribution < 1.29 is 4.79 Å². The molecule has 1 saturated carbocycles. The Labute approximate surface area is 167 Å². The van der Waals surface area contributed by atoms with Gasteiger partial charge < -0.3 is 20.4 Å². The standard InChI is InChI=1S/C21H43N5O/c1-6-22-20(23-16-12-8-7-9-13-17-25(2)3)24-18-21(14-10-11-15-21)19(27)26(4)5/h6-18H2,1-5H3,(H2,22,23,24). The number of nitrogens with zero attached hydrogens (tertiary/aromatic N) is 3. The summed E-state index contributed by atoms with van der Waals surface area (Å²) in [6.45, 7) is 5.63. The Morgan fingerprint density at radius 1 is 0.963 bits per heavy atom. The van der Waals surface area contributed by atoms with Gasteiger partial charge in [0.25, 0.3) is 0 Å². The second kappa shape index (κ2) is 13.0. The number of carbonyl (C=O) groups excluding carboxylic acids is 1. The summed E-state index contributed by atoms with van der Waals surface area (Å²) in [7, 11) is 7.98. The molecule has 6 heteroatoms. The van der Waals surface area contributed by atoms with Crippen molar-refractivity contribution in [2.45, 2.75) is 64.7 Å². The maximum Gasteiger partial charge on any atom is 0.230 e. The molecule has 1 amide bonds. The Kier molecular flexibility index (Phi) is 11.4. The summed E-state index contributed by atoms with van der Waals surface area (Å²) in [6, 6.07) is 0. The van der Waals surface area contributed by atoms with Crippen LogP contribution in [0.4, 0.5) is 0 Å². The van der Waals surface area contributed by atoms with Crippen molar-refractivity contribution in [1.29, 1.82) is 0 Å². The first-order valence-corrected chi connectivity index (χ1v) is 10.8. The van der Waals surface area contributed by atoms with E-state index < -0.39 is 0 Å². The van der Waals surface area contributed by atoms with Crippen LogP contribution in [0, 0.1) is 5.41 Å². The van der Waals surface area contributed by atoms with Gasteiger partial charge in [0.05, 0.1) is 12.0 Å². The Morgan fingerprint density at radius 3 is 2.19 bits per heavy atom. The van der Waals surface area contributed by atoms with Crippen molar-refractivity contribution >= 4 is 11.9 Å². The molecular formula is C21H43N5O. The molecular weight excluding hydrogens is 338 g/mol. The van der Waals surface area contributed by atoms with Gasteiger partial charge in [0.15, 0.2) is 5.96 Å². The molecule has 0 aromatic carbocycles. The van der Waals surface area contributed by atoms with Gasteiger partial charge in [-0.3, -0.25) is 9.79 Å². The molecule has 0 radical (unpaired) electrons. The smallest absolute Gasteiger partial charge is 0.230 e. The molecule has 0 saturated heterocycles. The molecule has 0 bridgehead atoms. The number of rotatable bonds is 12. The normalized spacial score (nSPS) is 16.6. The summed E-state index contributed by atoms with van der Waals surface area (Å²) in [5.74, 6) is 1.08. The van der Waals surface area contributed by atoms with Gasteiger partial charge in [-0.05, 0) is 53.2 Å². The Bertz CT molecular complexity index is 442. The van der Waals surface area contributed by atoms with Crippen molar-refractivity contribution in [3.05, 3.63) is 0 Å². The van der Waals surface area contributed by atoms with E-state index >= 15 is 0 Å². The van der Waals surface area contributed by atoms with Crippen LogP contribution in [0.15, 0.2) is 4.99 Å². The van der Waals surface area contributed by atoms with Crippen LogP contribution >= 0.6 is 0 Å². The minimum atomic E-state index is -0.293. The molecule has 0 atom stereocenters. The van der Waals surface area contributed by atoms with E-state index in [1.807, 2.05) is 14.1 Å². The van der Waals surface area contributed by atoms with Crippen LogP contribution in [0.2, 0.25) is 0 Å². The average Bonchev–Trinajstić information content (AvgIpc) is 3.10. The maximum absolute atomic E-state index is 12.7. The molecule has 0 aliphatic heterocycles. The SMILES string of the molecule is CCNC(=NCC1(C(=O)N(C)C)CCCC1)NCCCCCCCN(C)C. The lowest BCUT2D eigenvalue weighted by atomic mass is 9.85. The highest BCUT2D eigenvalue weighted by atomic mass is 16.2. The summed E-state index contributed by atoms with van der Waals surface area (Å²) < 4.78 is 0. The van der Waals surface area contributed by atoms with Gasteiger partial charge in [-0.2, -0.15) is 0 Å². The van der Waals surface area contributed by atoms with Gasteiger partial charge in [0, 0.05) is 27.2 Å². The van der Waals surface area contributed by atoms with Crippen LogP contribution in [0.3, 0.4) is 0 Å². The highest BCUT2D eigenvalue weighted by molar-refractivity contribution is 5.84. The number of aliphatic imine (C=N–C) groups is 1. The van der Waals surface area contributed by atoms with Gasteiger partial charge in [-0.15, -0.1) is 0 Å². The fourth-order valence-electron chi connectivity index (χ4n) is 3.83. The zero-order chi connectivity index (χ0) is 20.1. The second-order valence-corrected chi connectivity index (χ2v) is 8.38. The Balaban J connectivity index is 2.39. The van der Waals surface area contributed by atoms with E-state index in [2.05, 4.69) is 36.6 Å². The van der Waals surface area contributed by atoms with E-state index in [-0.39, 0.29) is 11.3 Å². The molecule has 0 unspecified atom stereocenters. The maximum atomic E-state index is 12.7. The zero-order valence-corrected chi connectivity index (χ0v) is 18.4. The lowest BCUT2D eigenvalue weighted by molar-refractivity contribution is -0.138. The van der Waals surface area contributed by atoms with Crippen LogP contribution in [0.5, 0.6) is 0 Å². The third-order valence-electron chi connectivity index (χ3n) is 5.38. The van der Waals surface area contributed by atoms with Gasteiger partial charge in [0.1, 0.15) is 0 Å². The second-order valence-electron chi connectivity index (χ2n) is 8.38. The summed E-state index contributed by atoms with van der Waals surface area (Å²) >= 11 is 0. The molecule has 2 N–H and O–H groups in total.